The summed E-state index contributed by atoms with van der Waals surface area (Å²) < 4.78 is 0. The van der Waals surface area contributed by atoms with Crippen molar-refractivity contribution in [2.24, 2.45) is 0 Å². The topological polar surface area (TPSA) is 38.7 Å². The van der Waals surface area contributed by atoms with Crippen LogP contribution >= 0.6 is 0 Å². The third-order valence-corrected chi connectivity index (χ3v) is 12.4. The van der Waals surface area contributed by atoms with Crippen molar-refractivity contribution < 1.29 is 0 Å². The average Bonchev–Trinajstić information content (AvgIpc) is 3.56. The third-order valence-electron chi connectivity index (χ3n) is 12.4. The fourth-order valence-corrected chi connectivity index (χ4v) is 9.86. The van der Waals surface area contributed by atoms with Crippen molar-refractivity contribution >= 4 is 10.8 Å². The quantitative estimate of drug-likeness (QED) is 0.180. The zero-order valence-electron chi connectivity index (χ0n) is 32.0. The molecule has 274 valence electrons. The Morgan fingerprint density at radius 1 is 0.305 bits per heavy atom. The van der Waals surface area contributed by atoms with E-state index in [1.165, 1.54) is 77.5 Å². The van der Waals surface area contributed by atoms with E-state index in [4.69, 9.17) is 15.0 Å². The van der Waals surface area contributed by atoms with Gasteiger partial charge in [-0.3, -0.25) is 4.98 Å². The molecule has 0 unspecified atom stereocenters. The summed E-state index contributed by atoms with van der Waals surface area (Å²) in [5.74, 6) is 0.592. The molecule has 12 rings (SSSR count). The number of pyridine rings is 1. The zero-order chi connectivity index (χ0) is 38.9. The van der Waals surface area contributed by atoms with E-state index in [0.717, 1.165) is 28.2 Å². The first-order valence-corrected chi connectivity index (χ1v) is 20.2. The van der Waals surface area contributed by atoms with Crippen molar-refractivity contribution in [1.29, 1.82) is 0 Å². The zero-order valence-corrected chi connectivity index (χ0v) is 32.0. The van der Waals surface area contributed by atoms with E-state index < -0.39 is 5.41 Å². The second-order valence-corrected chi connectivity index (χ2v) is 15.5. The molecule has 2 aliphatic carbocycles. The highest BCUT2D eigenvalue weighted by Gasteiger charge is 2.49. The van der Waals surface area contributed by atoms with Crippen LogP contribution in [0, 0.1) is 0 Å². The minimum absolute atomic E-state index is 0.529. The van der Waals surface area contributed by atoms with Gasteiger partial charge in [-0.15, -0.1) is 0 Å². The average molecular weight is 750 g/mol. The number of rotatable bonds is 4. The van der Waals surface area contributed by atoms with Crippen molar-refractivity contribution in [3.63, 3.8) is 0 Å². The molecule has 0 bridgehead atoms. The van der Waals surface area contributed by atoms with E-state index >= 15 is 0 Å². The minimum Gasteiger partial charge on any atom is -0.253 e. The Bertz CT molecular complexity index is 3220. The Morgan fingerprint density at radius 2 is 0.797 bits per heavy atom. The van der Waals surface area contributed by atoms with Crippen molar-refractivity contribution in [3.8, 4) is 78.5 Å². The number of aromatic nitrogens is 3. The number of benzene rings is 8. The number of hydrogen-bond donors (Lipinski definition) is 0. The molecule has 0 aliphatic heterocycles. The third kappa shape index (κ3) is 5.05. The van der Waals surface area contributed by atoms with Crippen LogP contribution in [0.15, 0.2) is 212 Å². The lowest BCUT2D eigenvalue weighted by Crippen LogP contribution is -2.29. The molecule has 3 nitrogen and oxygen atoms in total. The van der Waals surface area contributed by atoms with Crippen LogP contribution in [0.25, 0.3) is 89.3 Å². The second kappa shape index (κ2) is 13.2. The molecule has 2 aliphatic rings. The molecule has 0 saturated carbocycles. The van der Waals surface area contributed by atoms with E-state index in [2.05, 4.69) is 188 Å². The molecule has 1 spiro atoms. The molecule has 0 radical (unpaired) electrons. The number of fused-ring (bicyclic) bond motifs is 13. The minimum atomic E-state index is -0.529. The van der Waals surface area contributed by atoms with Crippen LogP contribution in [0.2, 0.25) is 0 Å². The van der Waals surface area contributed by atoms with Gasteiger partial charge >= 0.3 is 0 Å². The van der Waals surface area contributed by atoms with Crippen LogP contribution in [0.3, 0.4) is 0 Å². The lowest BCUT2D eigenvalue weighted by molar-refractivity contribution is 0.775. The van der Waals surface area contributed by atoms with E-state index in [0.29, 0.717) is 5.82 Å². The molecule has 8 aromatic carbocycles. The summed E-state index contributed by atoms with van der Waals surface area (Å²) >= 11 is 0. The van der Waals surface area contributed by atoms with E-state index in [9.17, 15) is 0 Å². The summed E-state index contributed by atoms with van der Waals surface area (Å²) in [5.41, 5.74) is 18.9. The van der Waals surface area contributed by atoms with E-state index in [1.54, 1.807) is 6.20 Å². The van der Waals surface area contributed by atoms with Gasteiger partial charge in [-0.25, -0.2) is 9.97 Å². The molecule has 0 saturated heterocycles. The predicted octanol–water partition coefficient (Wildman–Crippen LogP) is 13.7. The largest absolute Gasteiger partial charge is 0.253 e. The molecule has 10 aromatic rings. The van der Waals surface area contributed by atoms with Crippen LogP contribution < -0.4 is 0 Å². The molecule has 0 atom stereocenters. The first kappa shape index (κ1) is 33.4. The Balaban J connectivity index is 1.08. The number of hydrogen-bond acceptors (Lipinski definition) is 3. The van der Waals surface area contributed by atoms with Gasteiger partial charge in [0.15, 0.2) is 5.82 Å². The first-order valence-electron chi connectivity index (χ1n) is 20.2. The highest BCUT2D eigenvalue weighted by atomic mass is 14.9. The van der Waals surface area contributed by atoms with Crippen LogP contribution in [-0.2, 0) is 5.41 Å². The lowest BCUT2D eigenvalue weighted by Gasteiger charge is -2.35. The van der Waals surface area contributed by atoms with Gasteiger partial charge in [0.1, 0.15) is 5.69 Å². The van der Waals surface area contributed by atoms with Crippen molar-refractivity contribution in [2.45, 2.75) is 5.41 Å². The second-order valence-electron chi connectivity index (χ2n) is 15.5. The van der Waals surface area contributed by atoms with Gasteiger partial charge < -0.3 is 0 Å². The summed E-state index contributed by atoms with van der Waals surface area (Å²) in [6.45, 7) is 0. The molecule has 2 aromatic heterocycles. The molecular weight excluding hydrogens is 715 g/mol. The van der Waals surface area contributed by atoms with E-state index in [-0.39, 0.29) is 0 Å². The Morgan fingerprint density at radius 3 is 1.47 bits per heavy atom. The predicted molar refractivity (Wildman–Crippen MR) is 241 cm³/mol. The standard InChI is InChI=1S/C56H35N3/c1-2-16-40-36(14-1)15-13-22-41(40)37-27-29-38(30-28-37)53-35-54(59-55(58-53)52-26-11-12-33-57-52)39-31-32-51-47(34-39)43-18-4-3-17-42(43)44-19-5-8-23-48(44)56(51)49-24-9-6-20-45(49)46-21-7-10-25-50(46)56/h1-35H. The maximum absolute atomic E-state index is 5.25. The molecule has 0 fully saturated rings. The monoisotopic (exact) mass is 749 g/mol. The van der Waals surface area contributed by atoms with Gasteiger partial charge in [0, 0.05) is 17.3 Å². The fraction of sp³-hybridized carbons (Fsp3) is 0.0179. The SMILES string of the molecule is c1ccc(-c2nc(-c3ccc(-c4cccc5ccccc45)cc3)cc(-c3ccc4c(c3)-c3ccccc3-c3ccccc3C43c4ccccc4-c4ccccc43)n2)nc1. The summed E-state index contributed by atoms with van der Waals surface area (Å²) in [4.78, 5) is 15.1. The van der Waals surface area contributed by atoms with Crippen LogP contribution in [0.4, 0.5) is 0 Å². The van der Waals surface area contributed by atoms with Gasteiger partial charge in [-0.05, 0) is 102 Å². The molecular formula is C56H35N3. The highest BCUT2D eigenvalue weighted by Crippen LogP contribution is 2.61. The summed E-state index contributed by atoms with van der Waals surface area (Å²) in [6, 6.07) is 74.7. The Hall–Kier alpha value is -7.75. The summed E-state index contributed by atoms with van der Waals surface area (Å²) in [7, 11) is 0. The van der Waals surface area contributed by atoms with Gasteiger partial charge in [-0.2, -0.15) is 0 Å². The Labute approximate surface area is 343 Å². The molecule has 3 heteroatoms. The maximum atomic E-state index is 5.25. The normalized spacial score (nSPS) is 12.9. The van der Waals surface area contributed by atoms with Crippen molar-refractivity contribution in [1.82, 2.24) is 15.0 Å². The molecule has 0 N–H and O–H groups in total. The van der Waals surface area contributed by atoms with Crippen molar-refractivity contribution in [2.75, 3.05) is 0 Å². The maximum Gasteiger partial charge on any atom is 0.179 e. The van der Waals surface area contributed by atoms with Crippen molar-refractivity contribution in [3.05, 3.63) is 235 Å². The lowest BCUT2D eigenvalue weighted by atomic mass is 9.66. The smallest absolute Gasteiger partial charge is 0.179 e. The van der Waals surface area contributed by atoms with E-state index in [1.807, 2.05) is 18.2 Å². The fourth-order valence-electron chi connectivity index (χ4n) is 9.86. The van der Waals surface area contributed by atoms with Gasteiger partial charge in [0.05, 0.1) is 16.8 Å². The first-order chi connectivity index (χ1) is 29.3. The van der Waals surface area contributed by atoms with Gasteiger partial charge in [-0.1, -0.05) is 182 Å². The molecule has 2 heterocycles. The van der Waals surface area contributed by atoms with Gasteiger partial charge in [0.2, 0.25) is 0 Å². The molecule has 0 amide bonds. The van der Waals surface area contributed by atoms with Crippen LogP contribution in [-0.4, -0.2) is 15.0 Å². The number of nitrogens with zero attached hydrogens (tertiary/aromatic N) is 3. The van der Waals surface area contributed by atoms with Gasteiger partial charge in [0.25, 0.3) is 0 Å². The summed E-state index contributed by atoms with van der Waals surface area (Å²) in [5, 5.41) is 2.47. The summed E-state index contributed by atoms with van der Waals surface area (Å²) in [6.07, 6.45) is 1.80. The van der Waals surface area contributed by atoms with Crippen LogP contribution in [0.1, 0.15) is 22.3 Å². The van der Waals surface area contributed by atoms with Crippen LogP contribution in [0.5, 0.6) is 0 Å². The Kier molecular flexibility index (Phi) is 7.45. The molecule has 59 heavy (non-hydrogen) atoms. The highest BCUT2D eigenvalue weighted by molar-refractivity contribution is 5.99.